The minimum absolute atomic E-state index is 0.187. The first-order valence-electron chi connectivity index (χ1n) is 13.0. The zero-order valence-corrected chi connectivity index (χ0v) is 23.6. The molecule has 0 radical (unpaired) electrons. The van der Waals surface area contributed by atoms with Crippen molar-refractivity contribution in [3.8, 4) is 0 Å². The van der Waals surface area contributed by atoms with Crippen molar-refractivity contribution >= 4 is 41.1 Å². The third-order valence-electron chi connectivity index (χ3n) is 6.92. The molecule has 0 fully saturated rings. The summed E-state index contributed by atoms with van der Waals surface area (Å²) >= 11 is 5.95. The van der Waals surface area contributed by atoms with E-state index in [1.54, 1.807) is 12.1 Å². The van der Waals surface area contributed by atoms with Crippen LogP contribution in [0.15, 0.2) is 58.7 Å². The summed E-state index contributed by atoms with van der Waals surface area (Å²) in [7, 11) is 0.962. The van der Waals surface area contributed by atoms with Crippen LogP contribution < -0.4 is 0 Å². The van der Waals surface area contributed by atoms with Crippen molar-refractivity contribution in [3.63, 3.8) is 0 Å². The fourth-order valence-electron chi connectivity index (χ4n) is 5.12. The Morgan fingerprint density at radius 1 is 1.05 bits per heavy atom. The van der Waals surface area contributed by atoms with Crippen molar-refractivity contribution < 1.29 is 51.0 Å². The van der Waals surface area contributed by atoms with E-state index in [-0.39, 0.29) is 36.6 Å². The number of alkyl halides is 4. The van der Waals surface area contributed by atoms with E-state index in [0.717, 1.165) is 24.1 Å². The quantitative estimate of drug-likeness (QED) is 0.162. The van der Waals surface area contributed by atoms with Crippen LogP contribution >= 0.6 is 11.6 Å². The lowest BCUT2D eigenvalue weighted by molar-refractivity contribution is -0.145. The summed E-state index contributed by atoms with van der Waals surface area (Å²) in [5.74, 6) is -6.85. The molecule has 0 aliphatic carbocycles. The van der Waals surface area contributed by atoms with Gasteiger partial charge < -0.3 is 14.2 Å². The van der Waals surface area contributed by atoms with Gasteiger partial charge in [0.2, 0.25) is 0 Å². The number of amides is 2. The Morgan fingerprint density at radius 2 is 1.70 bits per heavy atom. The number of hydrogen-bond donors (Lipinski definition) is 0. The zero-order chi connectivity index (χ0) is 31.5. The lowest BCUT2D eigenvalue weighted by Gasteiger charge is -2.33. The summed E-state index contributed by atoms with van der Waals surface area (Å²) in [4.78, 5) is 56.5. The van der Waals surface area contributed by atoms with Crippen LogP contribution in [0.4, 0.5) is 17.6 Å². The van der Waals surface area contributed by atoms with E-state index in [1.165, 1.54) is 25.1 Å². The molecule has 2 aromatic rings. The Morgan fingerprint density at radius 3 is 2.26 bits per heavy atom. The van der Waals surface area contributed by atoms with Crippen molar-refractivity contribution in [2.75, 3.05) is 40.1 Å². The number of methoxy groups -OCH3 is 1. The summed E-state index contributed by atoms with van der Waals surface area (Å²) in [5.41, 5.74) is -2.76. The van der Waals surface area contributed by atoms with Gasteiger partial charge in [-0.1, -0.05) is 35.9 Å². The number of ether oxygens (including phenoxy) is 3. The maximum Gasteiger partial charge on any atom is 0.418 e. The summed E-state index contributed by atoms with van der Waals surface area (Å²) in [5, 5.41) is -0.708. The molecule has 2 aliphatic rings. The fraction of sp³-hybridized carbons (Fsp3) is 0.345. The highest BCUT2D eigenvalue weighted by atomic mass is 35.5. The molecule has 0 spiro atoms. The van der Waals surface area contributed by atoms with Crippen molar-refractivity contribution in [1.82, 2.24) is 4.90 Å². The molecule has 0 aromatic heterocycles. The normalized spacial score (nSPS) is 18.5. The Balaban J connectivity index is 1.74. The largest absolute Gasteiger partial charge is 0.468 e. The Labute approximate surface area is 248 Å². The molecule has 228 valence electrons. The first-order chi connectivity index (χ1) is 20.5. The number of carbonyl (C=O) groups is 4. The highest BCUT2D eigenvalue weighted by Crippen LogP contribution is 2.47. The van der Waals surface area contributed by atoms with E-state index in [9.17, 15) is 36.7 Å². The van der Waals surface area contributed by atoms with E-state index in [0.29, 0.717) is 0 Å². The second-order valence-electron chi connectivity index (χ2n) is 9.36. The summed E-state index contributed by atoms with van der Waals surface area (Å²) in [6.45, 7) is -1.12. The van der Waals surface area contributed by atoms with Gasteiger partial charge in [0, 0.05) is 5.92 Å². The number of rotatable bonds is 10. The topological polar surface area (TPSA) is 112 Å². The molecule has 2 heterocycles. The number of carbonyl (C=O) groups excluding carboxylic acids is 4. The molecule has 43 heavy (non-hydrogen) atoms. The van der Waals surface area contributed by atoms with Crippen LogP contribution in [0.5, 0.6) is 0 Å². The highest BCUT2D eigenvalue weighted by molar-refractivity contribution is 6.31. The Kier molecular flexibility index (Phi) is 9.65. The van der Waals surface area contributed by atoms with Gasteiger partial charge in [-0.05, 0) is 30.7 Å². The standard InChI is InChI=1S/C29H25ClF4N2O7/c1-3-43-28(40)23-20(14-42-12-11-36-25(37)15-7-4-5-8-16(15)26(36)38)35-19(13-31)22(27(39)41-2)21(23)17-9-6-10-18(30)24(17)29(32,33)34/h4-10,21-22H,3,11-14H2,1-2H3. The van der Waals surface area contributed by atoms with Gasteiger partial charge in [-0.25, -0.2) is 9.18 Å². The number of hydrogen-bond acceptors (Lipinski definition) is 8. The summed E-state index contributed by atoms with van der Waals surface area (Å²) in [6, 6.07) is 9.44. The molecule has 9 nitrogen and oxygen atoms in total. The van der Waals surface area contributed by atoms with Crippen molar-refractivity contribution in [2.45, 2.75) is 19.0 Å². The molecule has 0 bridgehead atoms. The van der Waals surface area contributed by atoms with E-state index < -0.39 is 82.5 Å². The lowest BCUT2D eigenvalue weighted by Crippen LogP contribution is -2.40. The van der Waals surface area contributed by atoms with Crippen LogP contribution in [0.3, 0.4) is 0 Å². The molecule has 2 amide bonds. The average molecular weight is 625 g/mol. The molecule has 4 rings (SSSR count). The third kappa shape index (κ3) is 6.18. The molecule has 2 unspecified atom stereocenters. The van der Waals surface area contributed by atoms with Gasteiger partial charge in [-0.2, -0.15) is 13.2 Å². The van der Waals surface area contributed by atoms with Crippen LogP contribution in [-0.2, 0) is 30.0 Å². The molecule has 0 N–H and O–H groups in total. The summed E-state index contributed by atoms with van der Waals surface area (Å²) in [6.07, 6.45) is -5.03. The minimum atomic E-state index is -5.03. The maximum atomic E-state index is 14.3. The molecule has 2 aliphatic heterocycles. The Bertz CT molecular complexity index is 1490. The molecule has 0 saturated carbocycles. The smallest absolute Gasteiger partial charge is 0.418 e. The third-order valence-corrected chi connectivity index (χ3v) is 7.24. The van der Waals surface area contributed by atoms with Gasteiger partial charge >= 0.3 is 18.1 Å². The number of imide groups is 1. The van der Waals surface area contributed by atoms with Gasteiger partial charge in [0.05, 0.1) is 72.2 Å². The fourth-order valence-corrected chi connectivity index (χ4v) is 5.41. The Hall–Kier alpha value is -4.10. The van der Waals surface area contributed by atoms with E-state index in [1.807, 2.05) is 0 Å². The van der Waals surface area contributed by atoms with E-state index in [2.05, 4.69) is 4.99 Å². The van der Waals surface area contributed by atoms with Crippen LogP contribution in [0, 0.1) is 5.92 Å². The number of halogens is 5. The second-order valence-corrected chi connectivity index (χ2v) is 9.77. The SMILES string of the molecule is CCOC(=O)C1=C(COCCN2C(=O)c3ccccc3C2=O)N=C(CF)C(C(=O)OC)C1c1cccc(Cl)c1C(F)(F)F. The molecule has 2 atom stereocenters. The molecular formula is C29H25ClF4N2O7. The number of nitrogens with zero attached hydrogens (tertiary/aromatic N) is 2. The predicted octanol–water partition coefficient (Wildman–Crippen LogP) is 4.79. The predicted molar refractivity (Wildman–Crippen MR) is 144 cm³/mol. The first-order valence-corrected chi connectivity index (χ1v) is 13.3. The number of fused-ring (bicyclic) bond motifs is 1. The number of esters is 2. The highest BCUT2D eigenvalue weighted by Gasteiger charge is 2.48. The first kappa shape index (κ1) is 31.8. The van der Waals surface area contributed by atoms with Crippen molar-refractivity contribution in [2.24, 2.45) is 10.9 Å². The van der Waals surface area contributed by atoms with Crippen LogP contribution in [0.25, 0.3) is 0 Å². The zero-order valence-electron chi connectivity index (χ0n) is 22.9. The van der Waals surface area contributed by atoms with Gasteiger partial charge in [-0.15, -0.1) is 0 Å². The van der Waals surface area contributed by atoms with Gasteiger partial charge in [-0.3, -0.25) is 24.3 Å². The average Bonchev–Trinajstić information content (AvgIpc) is 3.22. The van der Waals surface area contributed by atoms with Gasteiger partial charge in [0.25, 0.3) is 11.8 Å². The monoisotopic (exact) mass is 624 g/mol. The van der Waals surface area contributed by atoms with Crippen LogP contribution in [0.2, 0.25) is 5.02 Å². The maximum absolute atomic E-state index is 14.3. The molecular weight excluding hydrogens is 600 g/mol. The molecule has 14 heteroatoms. The lowest BCUT2D eigenvalue weighted by atomic mass is 9.74. The van der Waals surface area contributed by atoms with Crippen molar-refractivity contribution in [3.05, 3.63) is 81.0 Å². The second kappa shape index (κ2) is 13.0. The molecule has 0 saturated heterocycles. The van der Waals surface area contributed by atoms with E-state index >= 15 is 0 Å². The van der Waals surface area contributed by atoms with E-state index in [4.69, 9.17) is 25.8 Å². The van der Waals surface area contributed by atoms with Gasteiger partial charge in [0.15, 0.2) is 0 Å². The van der Waals surface area contributed by atoms with Crippen LogP contribution in [-0.4, -0.2) is 74.5 Å². The van der Waals surface area contributed by atoms with Crippen molar-refractivity contribution in [1.29, 1.82) is 0 Å². The molecule has 2 aromatic carbocycles. The summed E-state index contributed by atoms with van der Waals surface area (Å²) < 4.78 is 72.6. The number of aliphatic imine (C=N–C) groups is 1. The number of benzene rings is 2. The van der Waals surface area contributed by atoms with Crippen LogP contribution in [0.1, 0.15) is 44.7 Å². The van der Waals surface area contributed by atoms with Gasteiger partial charge in [0.1, 0.15) is 12.6 Å². The minimum Gasteiger partial charge on any atom is -0.468 e.